The number of carbonyl (C=O) groups is 2. The SMILES string of the molecule is Cc1ccc(C)c(C(O)=C2C(=O)C(=O)N(CCCn3ccnc3)C2c2cccs2)c1. The van der Waals surface area contributed by atoms with Crippen LogP contribution in [0.25, 0.3) is 5.76 Å². The lowest BCUT2D eigenvalue weighted by atomic mass is 9.96. The summed E-state index contributed by atoms with van der Waals surface area (Å²) < 4.78 is 1.94. The normalized spacial score (nSPS) is 18.3. The van der Waals surface area contributed by atoms with Gasteiger partial charge in [0.2, 0.25) is 0 Å². The maximum Gasteiger partial charge on any atom is 0.295 e. The van der Waals surface area contributed by atoms with Crippen molar-refractivity contribution in [2.45, 2.75) is 32.9 Å². The topological polar surface area (TPSA) is 75.4 Å². The Hall–Kier alpha value is -3.19. The van der Waals surface area contributed by atoms with Crippen LogP contribution in [0.4, 0.5) is 0 Å². The first kappa shape index (κ1) is 20.1. The molecular weight excluding hydrogens is 398 g/mol. The number of nitrogens with zero attached hydrogens (tertiary/aromatic N) is 3. The molecule has 0 aliphatic carbocycles. The Morgan fingerprint density at radius 1 is 1.20 bits per heavy atom. The molecule has 1 aliphatic heterocycles. The number of aryl methyl sites for hydroxylation is 3. The van der Waals surface area contributed by atoms with E-state index in [0.717, 1.165) is 16.0 Å². The number of thiophene rings is 1. The monoisotopic (exact) mass is 421 g/mol. The van der Waals surface area contributed by atoms with Gasteiger partial charge in [0.05, 0.1) is 17.9 Å². The van der Waals surface area contributed by atoms with Gasteiger partial charge in [-0.25, -0.2) is 4.98 Å². The zero-order chi connectivity index (χ0) is 21.3. The van der Waals surface area contributed by atoms with Gasteiger partial charge >= 0.3 is 0 Å². The Balaban J connectivity index is 1.73. The number of hydrogen-bond acceptors (Lipinski definition) is 5. The number of rotatable bonds is 6. The summed E-state index contributed by atoms with van der Waals surface area (Å²) in [6.07, 6.45) is 5.98. The minimum atomic E-state index is -0.630. The average molecular weight is 422 g/mol. The summed E-state index contributed by atoms with van der Waals surface area (Å²) in [4.78, 5) is 32.4. The minimum absolute atomic E-state index is 0.106. The van der Waals surface area contributed by atoms with Gasteiger partial charge in [-0.1, -0.05) is 23.8 Å². The Bertz CT molecular complexity index is 1100. The fourth-order valence-electron chi connectivity index (χ4n) is 3.83. The fraction of sp³-hybridized carbons (Fsp3) is 0.261. The number of hydrogen-bond donors (Lipinski definition) is 1. The van der Waals surface area contributed by atoms with Crippen molar-refractivity contribution >= 4 is 28.8 Å². The molecule has 2 aromatic heterocycles. The van der Waals surface area contributed by atoms with Crippen LogP contribution in [-0.4, -0.2) is 37.8 Å². The third-order valence-corrected chi connectivity index (χ3v) is 6.30. The van der Waals surface area contributed by atoms with Crippen LogP contribution < -0.4 is 0 Å². The molecule has 0 saturated carbocycles. The Labute approximate surface area is 179 Å². The Morgan fingerprint density at radius 2 is 2.03 bits per heavy atom. The molecule has 1 aliphatic rings. The summed E-state index contributed by atoms with van der Waals surface area (Å²) in [7, 11) is 0. The first-order chi connectivity index (χ1) is 14.5. The second-order valence-corrected chi connectivity index (χ2v) is 8.46. The third kappa shape index (κ3) is 3.68. The van der Waals surface area contributed by atoms with Crippen LogP contribution in [0.15, 0.2) is 60.0 Å². The molecule has 3 heterocycles. The molecule has 1 atom stereocenters. The summed E-state index contributed by atoms with van der Waals surface area (Å²) in [6, 6.07) is 8.93. The van der Waals surface area contributed by atoms with Gasteiger partial charge in [-0.3, -0.25) is 9.59 Å². The number of carbonyl (C=O) groups excluding carboxylic acids is 2. The number of Topliss-reactive ketones (excluding diaryl/α,β-unsaturated/α-hetero) is 1. The number of aromatic nitrogens is 2. The second-order valence-electron chi connectivity index (χ2n) is 7.48. The fourth-order valence-corrected chi connectivity index (χ4v) is 4.68. The van der Waals surface area contributed by atoms with Crippen LogP contribution in [0.1, 0.15) is 34.0 Å². The largest absolute Gasteiger partial charge is 0.507 e. The number of likely N-dealkylation sites (tertiary alicyclic amines) is 1. The molecule has 3 aromatic rings. The number of aliphatic hydroxyl groups is 1. The Morgan fingerprint density at radius 3 is 2.73 bits per heavy atom. The summed E-state index contributed by atoms with van der Waals surface area (Å²) in [5.74, 6) is -1.30. The second kappa shape index (κ2) is 8.28. The highest BCUT2D eigenvalue weighted by Gasteiger charge is 2.46. The molecular formula is C23H23N3O3S. The molecule has 1 amide bonds. The van der Waals surface area contributed by atoms with Crippen molar-refractivity contribution < 1.29 is 14.7 Å². The first-order valence-corrected chi connectivity index (χ1v) is 10.7. The van der Waals surface area contributed by atoms with E-state index in [4.69, 9.17) is 0 Å². The van der Waals surface area contributed by atoms with E-state index in [1.807, 2.05) is 60.3 Å². The van der Waals surface area contributed by atoms with E-state index in [1.165, 1.54) is 11.3 Å². The molecule has 7 heteroatoms. The lowest BCUT2D eigenvalue weighted by Crippen LogP contribution is -2.31. The molecule has 6 nitrogen and oxygen atoms in total. The maximum absolute atomic E-state index is 13.0. The van der Waals surface area contributed by atoms with Crippen molar-refractivity contribution in [3.63, 3.8) is 0 Å². The van der Waals surface area contributed by atoms with Crippen molar-refractivity contribution in [3.8, 4) is 0 Å². The van der Waals surface area contributed by atoms with Crippen LogP contribution in [0.3, 0.4) is 0 Å². The van der Waals surface area contributed by atoms with E-state index >= 15 is 0 Å². The molecule has 1 unspecified atom stereocenters. The molecule has 1 aromatic carbocycles. The number of imidazole rings is 1. The number of aliphatic hydroxyl groups excluding tert-OH is 1. The van der Waals surface area contributed by atoms with Crippen molar-refractivity contribution in [2.24, 2.45) is 0 Å². The standard InChI is InChI=1S/C23H23N3O3S/c1-15-6-7-16(2)17(13-15)21(27)19-20(18-5-3-12-30-18)26(23(29)22(19)28)10-4-9-25-11-8-24-14-25/h3,5-8,11-14,20,27H,4,9-10H2,1-2H3. The highest BCUT2D eigenvalue weighted by molar-refractivity contribution is 7.10. The van der Waals surface area contributed by atoms with E-state index in [9.17, 15) is 14.7 Å². The third-order valence-electron chi connectivity index (χ3n) is 5.38. The molecule has 1 saturated heterocycles. The van der Waals surface area contributed by atoms with Crippen LogP contribution in [0.2, 0.25) is 0 Å². The van der Waals surface area contributed by atoms with E-state index in [2.05, 4.69) is 4.98 Å². The smallest absolute Gasteiger partial charge is 0.295 e. The van der Waals surface area contributed by atoms with Gasteiger partial charge in [0.25, 0.3) is 11.7 Å². The van der Waals surface area contributed by atoms with Gasteiger partial charge in [-0.05, 0) is 43.3 Å². The van der Waals surface area contributed by atoms with E-state index in [-0.39, 0.29) is 11.3 Å². The summed E-state index contributed by atoms with van der Waals surface area (Å²) in [5.41, 5.74) is 2.59. The number of benzene rings is 1. The van der Waals surface area contributed by atoms with Crippen LogP contribution in [0.5, 0.6) is 0 Å². The van der Waals surface area contributed by atoms with E-state index in [1.54, 1.807) is 17.4 Å². The molecule has 0 radical (unpaired) electrons. The van der Waals surface area contributed by atoms with Crippen molar-refractivity contribution in [1.82, 2.24) is 14.5 Å². The molecule has 0 spiro atoms. The lowest BCUT2D eigenvalue weighted by Gasteiger charge is -2.24. The quantitative estimate of drug-likeness (QED) is 0.370. The zero-order valence-corrected chi connectivity index (χ0v) is 17.7. The molecule has 4 rings (SSSR count). The van der Waals surface area contributed by atoms with Crippen molar-refractivity contribution in [1.29, 1.82) is 0 Å². The van der Waals surface area contributed by atoms with Gasteiger partial charge in [-0.2, -0.15) is 0 Å². The van der Waals surface area contributed by atoms with Crippen molar-refractivity contribution in [2.75, 3.05) is 6.54 Å². The van der Waals surface area contributed by atoms with Crippen molar-refractivity contribution in [3.05, 3.63) is 81.6 Å². The van der Waals surface area contributed by atoms with E-state index in [0.29, 0.717) is 25.1 Å². The van der Waals surface area contributed by atoms with Crippen LogP contribution in [0, 0.1) is 13.8 Å². The van der Waals surface area contributed by atoms with Gasteiger partial charge in [0.15, 0.2) is 0 Å². The average Bonchev–Trinajstić information content (AvgIpc) is 3.47. The maximum atomic E-state index is 13.0. The molecule has 30 heavy (non-hydrogen) atoms. The molecule has 1 fully saturated rings. The Kier molecular flexibility index (Phi) is 5.55. The first-order valence-electron chi connectivity index (χ1n) is 9.82. The highest BCUT2D eigenvalue weighted by Crippen LogP contribution is 2.41. The van der Waals surface area contributed by atoms with Crippen LogP contribution >= 0.6 is 11.3 Å². The predicted octanol–water partition coefficient (Wildman–Crippen LogP) is 4.07. The molecule has 0 bridgehead atoms. The molecule has 1 N–H and O–H groups in total. The summed E-state index contributed by atoms with van der Waals surface area (Å²) in [6.45, 7) is 4.92. The summed E-state index contributed by atoms with van der Waals surface area (Å²) in [5, 5.41) is 13.1. The lowest BCUT2D eigenvalue weighted by molar-refractivity contribution is -0.139. The van der Waals surface area contributed by atoms with Gasteiger partial charge < -0.3 is 14.6 Å². The van der Waals surface area contributed by atoms with Gasteiger partial charge in [0.1, 0.15) is 5.76 Å². The number of amides is 1. The van der Waals surface area contributed by atoms with Gasteiger partial charge in [0, 0.05) is 35.9 Å². The zero-order valence-electron chi connectivity index (χ0n) is 16.9. The number of ketones is 1. The van der Waals surface area contributed by atoms with Gasteiger partial charge in [-0.15, -0.1) is 11.3 Å². The summed E-state index contributed by atoms with van der Waals surface area (Å²) >= 11 is 1.48. The minimum Gasteiger partial charge on any atom is -0.507 e. The molecule has 154 valence electrons. The van der Waals surface area contributed by atoms with Crippen LogP contribution in [-0.2, 0) is 16.1 Å². The highest BCUT2D eigenvalue weighted by atomic mass is 32.1. The predicted molar refractivity (Wildman–Crippen MR) is 116 cm³/mol. The van der Waals surface area contributed by atoms with E-state index < -0.39 is 17.7 Å².